The van der Waals surface area contributed by atoms with Crippen molar-refractivity contribution in [3.05, 3.63) is 37.7 Å². The summed E-state index contributed by atoms with van der Waals surface area (Å²) in [5.74, 6) is 0.458. The number of hydrogen-bond donors (Lipinski definition) is 1. The average Bonchev–Trinajstić information content (AvgIpc) is 3.00. The molecule has 2 aromatic heterocycles. The number of aromatic hydroxyl groups is 1. The van der Waals surface area contributed by atoms with E-state index in [1.54, 1.807) is 22.7 Å². The van der Waals surface area contributed by atoms with E-state index in [1.807, 2.05) is 5.38 Å². The molecule has 0 amide bonds. The lowest BCUT2D eigenvalue weighted by atomic mass is 9.97. The minimum atomic E-state index is 0.458. The van der Waals surface area contributed by atoms with E-state index in [4.69, 9.17) is 0 Å². The molecule has 2 aromatic rings. The molecule has 3 heteroatoms. The first-order valence-electron chi connectivity index (χ1n) is 6.22. The fourth-order valence-electron chi connectivity index (χ4n) is 2.82. The lowest BCUT2D eigenvalue weighted by Gasteiger charge is -2.08. The summed E-state index contributed by atoms with van der Waals surface area (Å²) in [7, 11) is 0. The van der Waals surface area contributed by atoms with Gasteiger partial charge in [-0.3, -0.25) is 0 Å². The normalized spacial score (nSPS) is 15.7. The van der Waals surface area contributed by atoms with E-state index in [-0.39, 0.29) is 0 Å². The number of rotatable bonds is 2. The van der Waals surface area contributed by atoms with E-state index in [2.05, 4.69) is 25.3 Å². The first-order chi connectivity index (χ1) is 8.68. The van der Waals surface area contributed by atoms with Gasteiger partial charge in [-0.05, 0) is 61.3 Å². The van der Waals surface area contributed by atoms with Crippen molar-refractivity contribution in [2.24, 2.45) is 0 Å². The molecule has 3 rings (SSSR count). The zero-order valence-electron chi connectivity index (χ0n) is 10.6. The quantitative estimate of drug-likeness (QED) is 0.796. The lowest BCUT2D eigenvalue weighted by molar-refractivity contribution is 0.476. The van der Waals surface area contributed by atoms with Crippen LogP contribution in [0.3, 0.4) is 0 Å². The number of aryl methyl sites for hydroxylation is 2. The first kappa shape index (κ1) is 12.0. The van der Waals surface area contributed by atoms with Gasteiger partial charge < -0.3 is 5.11 Å². The van der Waals surface area contributed by atoms with E-state index in [0.29, 0.717) is 5.75 Å². The van der Waals surface area contributed by atoms with Crippen LogP contribution in [0.25, 0.3) is 11.1 Å². The van der Waals surface area contributed by atoms with Crippen LogP contribution in [0, 0.1) is 13.8 Å². The Balaban J connectivity index is 2.18. The van der Waals surface area contributed by atoms with Crippen LogP contribution in [-0.4, -0.2) is 5.11 Å². The Bertz CT molecular complexity index is 597. The van der Waals surface area contributed by atoms with Crippen LogP contribution in [-0.2, 0) is 0 Å². The van der Waals surface area contributed by atoms with Gasteiger partial charge in [0.05, 0.1) is 0 Å². The minimum Gasteiger partial charge on any atom is -0.506 e. The summed E-state index contributed by atoms with van der Waals surface area (Å²) >= 11 is 3.44. The second kappa shape index (κ2) is 4.56. The molecule has 2 heterocycles. The van der Waals surface area contributed by atoms with Crippen LogP contribution in [0.2, 0.25) is 0 Å². The topological polar surface area (TPSA) is 20.2 Å². The van der Waals surface area contributed by atoms with Crippen LogP contribution < -0.4 is 0 Å². The van der Waals surface area contributed by atoms with Gasteiger partial charge in [-0.25, -0.2) is 0 Å². The molecule has 1 nitrogen and oxygen atoms in total. The van der Waals surface area contributed by atoms with Crippen LogP contribution in [0.5, 0.6) is 5.75 Å². The number of thiophene rings is 2. The Morgan fingerprint density at radius 1 is 1.06 bits per heavy atom. The summed E-state index contributed by atoms with van der Waals surface area (Å²) in [5, 5.41) is 14.1. The molecule has 0 aromatic carbocycles. The molecule has 0 bridgehead atoms. The Labute approximate surface area is 115 Å². The van der Waals surface area contributed by atoms with Crippen LogP contribution in [0.15, 0.2) is 16.8 Å². The Hall–Kier alpha value is -1.06. The van der Waals surface area contributed by atoms with Gasteiger partial charge in [-0.1, -0.05) is 0 Å². The van der Waals surface area contributed by atoms with Crippen molar-refractivity contribution in [1.29, 1.82) is 0 Å². The van der Waals surface area contributed by atoms with Gasteiger partial charge >= 0.3 is 0 Å². The smallest absolute Gasteiger partial charge is 0.134 e. The van der Waals surface area contributed by atoms with E-state index >= 15 is 0 Å². The largest absolute Gasteiger partial charge is 0.506 e. The molecule has 0 spiro atoms. The molecular formula is C15H16OS2. The van der Waals surface area contributed by atoms with E-state index in [9.17, 15) is 5.11 Å². The predicted molar refractivity (Wildman–Crippen MR) is 80.4 cm³/mol. The van der Waals surface area contributed by atoms with Gasteiger partial charge in [-0.15, -0.1) is 22.7 Å². The third-order valence-corrected chi connectivity index (χ3v) is 5.40. The maximum atomic E-state index is 10.1. The van der Waals surface area contributed by atoms with Crippen molar-refractivity contribution < 1.29 is 5.11 Å². The molecule has 1 N–H and O–H groups in total. The van der Waals surface area contributed by atoms with Gasteiger partial charge in [0.1, 0.15) is 5.75 Å². The molecule has 0 atom stereocenters. The average molecular weight is 276 g/mol. The van der Waals surface area contributed by atoms with Crippen molar-refractivity contribution >= 4 is 33.8 Å². The highest BCUT2D eigenvalue weighted by Gasteiger charge is 2.23. The van der Waals surface area contributed by atoms with Crippen LogP contribution in [0.4, 0.5) is 0 Å². The molecule has 0 aliphatic heterocycles. The highest BCUT2D eigenvalue weighted by Crippen LogP contribution is 2.46. The Morgan fingerprint density at radius 2 is 1.83 bits per heavy atom. The SMILES string of the molecule is Cc1sccc1C1=C(c2c(O)csc2C)CCC1. The standard InChI is InChI=1S/C15H16OS2/c1-9-11(6-7-17-9)12-4-3-5-13(12)15-10(2)18-8-14(15)16/h6-8,16H,3-5H2,1-2H3. The second-order valence-corrected chi connectivity index (χ2v) is 6.96. The van der Waals surface area contributed by atoms with Crippen molar-refractivity contribution in [2.75, 3.05) is 0 Å². The summed E-state index contributed by atoms with van der Waals surface area (Å²) in [6, 6.07) is 2.22. The van der Waals surface area contributed by atoms with E-state index < -0.39 is 0 Å². The van der Waals surface area contributed by atoms with E-state index in [0.717, 1.165) is 18.4 Å². The van der Waals surface area contributed by atoms with Crippen LogP contribution >= 0.6 is 22.7 Å². The maximum Gasteiger partial charge on any atom is 0.134 e. The highest BCUT2D eigenvalue weighted by molar-refractivity contribution is 7.10. The van der Waals surface area contributed by atoms with Crippen LogP contribution in [0.1, 0.15) is 40.1 Å². The predicted octanol–water partition coefficient (Wildman–Crippen LogP) is 5.23. The molecule has 94 valence electrons. The molecule has 1 aliphatic carbocycles. The van der Waals surface area contributed by atoms with Gasteiger partial charge in [0, 0.05) is 20.7 Å². The van der Waals surface area contributed by atoms with Crippen molar-refractivity contribution in [3.63, 3.8) is 0 Å². The number of hydrogen-bond acceptors (Lipinski definition) is 3. The molecule has 1 aliphatic rings. The third kappa shape index (κ3) is 1.82. The van der Waals surface area contributed by atoms with Crippen molar-refractivity contribution in [2.45, 2.75) is 33.1 Å². The molecule has 0 saturated carbocycles. The Morgan fingerprint density at radius 3 is 2.44 bits per heavy atom. The summed E-state index contributed by atoms with van der Waals surface area (Å²) < 4.78 is 0. The molecule has 0 saturated heterocycles. The van der Waals surface area contributed by atoms with E-state index in [1.165, 1.54) is 32.9 Å². The second-order valence-electron chi connectivity index (χ2n) is 4.75. The van der Waals surface area contributed by atoms with Gasteiger partial charge in [-0.2, -0.15) is 0 Å². The van der Waals surface area contributed by atoms with Crippen molar-refractivity contribution in [3.8, 4) is 5.75 Å². The molecule has 0 unspecified atom stereocenters. The molecule has 0 fully saturated rings. The highest BCUT2D eigenvalue weighted by atomic mass is 32.1. The number of allylic oxidation sites excluding steroid dienone is 2. The fraction of sp³-hybridized carbons (Fsp3) is 0.333. The summed E-state index contributed by atoms with van der Waals surface area (Å²) in [5.41, 5.74) is 5.30. The zero-order chi connectivity index (χ0) is 12.7. The maximum absolute atomic E-state index is 10.1. The molecular weight excluding hydrogens is 260 g/mol. The van der Waals surface area contributed by atoms with Gasteiger partial charge in [0.2, 0.25) is 0 Å². The summed E-state index contributed by atoms with van der Waals surface area (Å²) in [6.07, 6.45) is 3.44. The molecule has 0 radical (unpaired) electrons. The lowest BCUT2D eigenvalue weighted by Crippen LogP contribution is -1.87. The van der Waals surface area contributed by atoms with Gasteiger partial charge in [0.15, 0.2) is 0 Å². The first-order valence-corrected chi connectivity index (χ1v) is 7.98. The monoisotopic (exact) mass is 276 g/mol. The summed E-state index contributed by atoms with van der Waals surface area (Å²) in [6.45, 7) is 4.28. The van der Waals surface area contributed by atoms with Crippen molar-refractivity contribution in [1.82, 2.24) is 0 Å². The minimum absolute atomic E-state index is 0.458. The Kier molecular flexibility index (Phi) is 3.04. The fourth-order valence-corrected chi connectivity index (χ4v) is 4.30. The summed E-state index contributed by atoms with van der Waals surface area (Å²) in [4.78, 5) is 2.62. The van der Waals surface area contributed by atoms with Gasteiger partial charge in [0.25, 0.3) is 0 Å². The third-order valence-electron chi connectivity index (χ3n) is 3.66. The molecule has 18 heavy (non-hydrogen) atoms. The zero-order valence-corrected chi connectivity index (χ0v) is 12.3.